The van der Waals surface area contributed by atoms with Crippen molar-refractivity contribution in [3.8, 4) is 11.4 Å². The number of anilines is 1. The van der Waals surface area contributed by atoms with E-state index in [0.717, 1.165) is 30.5 Å². The molecule has 146 valence electrons. The third-order valence-electron chi connectivity index (χ3n) is 5.64. The highest BCUT2D eigenvalue weighted by Crippen LogP contribution is 2.39. The molecule has 1 aromatic carbocycles. The number of benzene rings is 1. The van der Waals surface area contributed by atoms with E-state index in [1.54, 1.807) is 11.4 Å². The monoisotopic (exact) mass is 415 g/mol. The molecule has 3 aromatic rings. The highest BCUT2D eigenvalue weighted by Gasteiger charge is 2.37. The molecule has 0 bridgehead atoms. The minimum Gasteiger partial charge on any atom is -0.339 e. The second kappa shape index (κ2) is 6.70. The summed E-state index contributed by atoms with van der Waals surface area (Å²) in [6.45, 7) is 1.94. The Morgan fingerprint density at radius 3 is 2.82 bits per heavy atom. The van der Waals surface area contributed by atoms with E-state index in [-0.39, 0.29) is 6.04 Å². The van der Waals surface area contributed by atoms with Gasteiger partial charge in [0.05, 0.1) is 5.69 Å². The predicted octanol–water partition coefficient (Wildman–Crippen LogP) is 4.60. The van der Waals surface area contributed by atoms with Crippen LogP contribution in [-0.4, -0.2) is 24.6 Å². The lowest BCUT2D eigenvalue weighted by atomic mass is 10.1. The predicted molar refractivity (Wildman–Crippen MR) is 108 cm³/mol. The standard InChI is InChI=1S/C20H21N3O3S2/c1-13-10-15-8-4-5-9-17(15)23(13)28(24,25)18-11-16(12-27-18)19-21-20(26-22-19)14-6-2-3-7-14/h4-5,8-9,11-14H,2-3,6-7,10H2,1H3/t13-/m1/s1. The van der Waals surface area contributed by atoms with E-state index in [1.807, 2.05) is 31.2 Å². The largest absolute Gasteiger partial charge is 0.339 e. The molecule has 8 heteroatoms. The van der Waals surface area contributed by atoms with Gasteiger partial charge in [-0.2, -0.15) is 4.98 Å². The fourth-order valence-electron chi connectivity index (χ4n) is 4.26. The topological polar surface area (TPSA) is 76.3 Å². The Hall–Kier alpha value is -2.19. The molecule has 1 atom stereocenters. The van der Waals surface area contributed by atoms with Gasteiger partial charge in [-0.1, -0.05) is 36.2 Å². The van der Waals surface area contributed by atoms with Crippen LogP contribution >= 0.6 is 11.3 Å². The summed E-state index contributed by atoms with van der Waals surface area (Å²) in [6, 6.07) is 9.25. The molecule has 0 spiro atoms. The zero-order chi connectivity index (χ0) is 19.3. The minimum absolute atomic E-state index is 0.105. The van der Waals surface area contributed by atoms with Crippen LogP contribution in [0, 0.1) is 0 Å². The molecular formula is C20H21N3O3S2. The molecule has 0 amide bonds. The molecule has 1 saturated carbocycles. The van der Waals surface area contributed by atoms with Crippen molar-refractivity contribution in [1.29, 1.82) is 0 Å². The van der Waals surface area contributed by atoms with Gasteiger partial charge in [-0.3, -0.25) is 4.31 Å². The Morgan fingerprint density at radius 1 is 1.21 bits per heavy atom. The van der Waals surface area contributed by atoms with Gasteiger partial charge in [0.15, 0.2) is 0 Å². The molecule has 3 heterocycles. The summed E-state index contributed by atoms with van der Waals surface area (Å²) in [5.41, 5.74) is 2.53. The van der Waals surface area contributed by atoms with Gasteiger partial charge >= 0.3 is 0 Å². The molecule has 5 rings (SSSR count). The first-order chi connectivity index (χ1) is 13.5. The highest BCUT2D eigenvalue weighted by molar-refractivity contribution is 7.94. The maximum Gasteiger partial charge on any atom is 0.274 e. The Bertz CT molecular complexity index is 1110. The Kier molecular flexibility index (Phi) is 4.28. The van der Waals surface area contributed by atoms with E-state index >= 15 is 0 Å². The van der Waals surface area contributed by atoms with Gasteiger partial charge in [-0.25, -0.2) is 8.42 Å². The summed E-state index contributed by atoms with van der Waals surface area (Å²) in [7, 11) is -3.63. The van der Waals surface area contributed by atoms with E-state index in [1.165, 1.54) is 28.5 Å². The SMILES string of the molecule is C[C@@H]1Cc2ccccc2N1S(=O)(=O)c1cc(-c2noc(C3CCCC3)n2)cs1. The van der Waals surface area contributed by atoms with Crippen molar-refractivity contribution >= 4 is 27.0 Å². The number of fused-ring (bicyclic) bond motifs is 1. The third kappa shape index (κ3) is 2.86. The molecule has 2 aromatic heterocycles. The van der Waals surface area contributed by atoms with Crippen molar-refractivity contribution < 1.29 is 12.9 Å². The van der Waals surface area contributed by atoms with Crippen LogP contribution in [0.15, 0.2) is 44.4 Å². The summed E-state index contributed by atoms with van der Waals surface area (Å²) in [5.74, 6) is 1.48. The number of hydrogen-bond acceptors (Lipinski definition) is 6. The fourth-order valence-corrected chi connectivity index (χ4v) is 7.20. The van der Waals surface area contributed by atoms with Crippen LogP contribution in [0.25, 0.3) is 11.4 Å². The Balaban J connectivity index is 1.46. The van der Waals surface area contributed by atoms with Crippen LogP contribution in [-0.2, 0) is 16.4 Å². The molecule has 0 saturated heterocycles. The number of rotatable bonds is 4. The van der Waals surface area contributed by atoms with Gasteiger partial charge in [0.1, 0.15) is 4.21 Å². The van der Waals surface area contributed by atoms with Crippen LogP contribution in [0.4, 0.5) is 5.69 Å². The van der Waals surface area contributed by atoms with E-state index < -0.39 is 10.0 Å². The molecule has 6 nitrogen and oxygen atoms in total. The number of para-hydroxylation sites is 1. The summed E-state index contributed by atoms with van der Waals surface area (Å²) in [5, 5.41) is 5.88. The van der Waals surface area contributed by atoms with Crippen molar-refractivity contribution in [2.75, 3.05) is 4.31 Å². The maximum absolute atomic E-state index is 13.3. The van der Waals surface area contributed by atoms with E-state index in [0.29, 0.717) is 27.4 Å². The smallest absolute Gasteiger partial charge is 0.274 e. The Morgan fingerprint density at radius 2 is 2.00 bits per heavy atom. The third-order valence-corrected chi connectivity index (χ3v) is 8.98. The first-order valence-corrected chi connectivity index (χ1v) is 11.9. The molecule has 1 fully saturated rings. The Labute approximate surface area is 168 Å². The van der Waals surface area contributed by atoms with E-state index in [2.05, 4.69) is 10.1 Å². The second-order valence-electron chi connectivity index (χ2n) is 7.57. The van der Waals surface area contributed by atoms with Gasteiger partial charge < -0.3 is 4.52 Å². The lowest BCUT2D eigenvalue weighted by Gasteiger charge is -2.23. The van der Waals surface area contributed by atoms with Crippen molar-refractivity contribution in [3.05, 3.63) is 47.2 Å². The van der Waals surface area contributed by atoms with E-state index in [4.69, 9.17) is 4.52 Å². The molecule has 2 aliphatic rings. The molecule has 0 radical (unpaired) electrons. The van der Waals surface area contributed by atoms with Crippen LogP contribution in [0.1, 0.15) is 50.0 Å². The van der Waals surface area contributed by atoms with E-state index in [9.17, 15) is 8.42 Å². The van der Waals surface area contributed by atoms with Crippen molar-refractivity contribution in [2.45, 2.75) is 55.2 Å². The minimum atomic E-state index is -3.63. The van der Waals surface area contributed by atoms with Gasteiger partial charge in [-0.05, 0) is 43.9 Å². The molecule has 0 N–H and O–H groups in total. The summed E-state index contributed by atoms with van der Waals surface area (Å²) in [4.78, 5) is 4.53. The first-order valence-electron chi connectivity index (χ1n) is 9.59. The van der Waals surface area contributed by atoms with Crippen LogP contribution < -0.4 is 4.31 Å². The molecular weight excluding hydrogens is 394 g/mol. The number of thiophene rings is 1. The fraction of sp³-hybridized carbons (Fsp3) is 0.400. The average Bonchev–Trinajstić information content (AvgIpc) is 3.45. The van der Waals surface area contributed by atoms with Gasteiger partial charge in [0.2, 0.25) is 11.7 Å². The molecule has 28 heavy (non-hydrogen) atoms. The van der Waals surface area contributed by atoms with Crippen LogP contribution in [0.3, 0.4) is 0 Å². The molecule has 0 unspecified atom stereocenters. The van der Waals surface area contributed by atoms with Gasteiger partial charge in [0, 0.05) is 22.9 Å². The second-order valence-corrected chi connectivity index (χ2v) is 10.5. The summed E-state index contributed by atoms with van der Waals surface area (Å²) < 4.78 is 34.0. The number of sulfonamides is 1. The first kappa shape index (κ1) is 17.9. The van der Waals surface area contributed by atoms with Crippen molar-refractivity contribution in [3.63, 3.8) is 0 Å². The normalized spacial score (nSPS) is 20.0. The lowest BCUT2D eigenvalue weighted by Crippen LogP contribution is -2.35. The highest BCUT2D eigenvalue weighted by atomic mass is 32.2. The van der Waals surface area contributed by atoms with Crippen LogP contribution in [0.5, 0.6) is 0 Å². The maximum atomic E-state index is 13.3. The summed E-state index contributed by atoms with van der Waals surface area (Å²) >= 11 is 1.21. The van der Waals surface area contributed by atoms with Gasteiger partial charge in [0.25, 0.3) is 10.0 Å². The zero-order valence-electron chi connectivity index (χ0n) is 15.5. The number of hydrogen-bond donors (Lipinski definition) is 0. The van der Waals surface area contributed by atoms with Crippen LogP contribution in [0.2, 0.25) is 0 Å². The zero-order valence-corrected chi connectivity index (χ0v) is 17.2. The lowest BCUT2D eigenvalue weighted by molar-refractivity contribution is 0.354. The molecule has 1 aliphatic carbocycles. The average molecular weight is 416 g/mol. The summed E-state index contributed by atoms with van der Waals surface area (Å²) in [6.07, 6.45) is 5.27. The quantitative estimate of drug-likeness (QED) is 0.623. The van der Waals surface area contributed by atoms with Gasteiger partial charge in [-0.15, -0.1) is 11.3 Å². The van der Waals surface area contributed by atoms with Crippen molar-refractivity contribution in [1.82, 2.24) is 10.1 Å². The molecule has 1 aliphatic heterocycles. The number of nitrogens with zero attached hydrogens (tertiary/aromatic N) is 3. The number of aromatic nitrogens is 2. The van der Waals surface area contributed by atoms with Crippen molar-refractivity contribution in [2.24, 2.45) is 0 Å².